The number of amides is 1. The third-order valence-corrected chi connectivity index (χ3v) is 7.70. The summed E-state index contributed by atoms with van der Waals surface area (Å²) in [5, 5.41) is 0.277. The first-order chi connectivity index (χ1) is 16.9. The number of benzene rings is 3. The highest BCUT2D eigenvalue weighted by atomic mass is 35.5. The number of hydrogen-bond acceptors (Lipinski definition) is 4. The number of halogens is 4. The lowest BCUT2D eigenvalue weighted by atomic mass is 10.00. The van der Waals surface area contributed by atoms with Crippen LogP contribution in [0.25, 0.3) is 0 Å². The lowest BCUT2D eigenvalue weighted by Crippen LogP contribution is -2.35. The standard InChI is InChI=1S/C25H22ClF3N2O4S/c1-15-12-22(35-2)23(14-20(15)26)36(33,34)30-19-9-10-21-17(13-19)4-3-11-31(21)24(32)16-5-7-18(8-6-16)25(27,28)29/h5-10,12-14,30H,3-4,11H2,1-2H3. The van der Waals surface area contributed by atoms with E-state index in [0.29, 0.717) is 30.6 Å². The van der Waals surface area contributed by atoms with Crippen LogP contribution in [0.3, 0.4) is 0 Å². The van der Waals surface area contributed by atoms with Gasteiger partial charge >= 0.3 is 6.18 Å². The van der Waals surface area contributed by atoms with E-state index in [9.17, 15) is 26.4 Å². The third kappa shape index (κ3) is 5.15. The molecule has 1 amide bonds. The molecule has 0 aliphatic carbocycles. The maximum absolute atomic E-state index is 13.1. The second kappa shape index (κ2) is 9.67. The molecule has 0 saturated carbocycles. The zero-order valence-electron chi connectivity index (χ0n) is 19.3. The van der Waals surface area contributed by atoms with Crippen LogP contribution in [0, 0.1) is 6.92 Å². The maximum Gasteiger partial charge on any atom is 0.416 e. The fourth-order valence-electron chi connectivity index (χ4n) is 4.05. The van der Waals surface area contributed by atoms with E-state index in [1.54, 1.807) is 19.1 Å². The molecule has 1 heterocycles. The van der Waals surface area contributed by atoms with Crippen molar-refractivity contribution in [1.29, 1.82) is 0 Å². The normalized spacial score (nSPS) is 13.8. The molecule has 11 heteroatoms. The summed E-state index contributed by atoms with van der Waals surface area (Å²) in [7, 11) is -2.68. The zero-order chi connectivity index (χ0) is 26.3. The van der Waals surface area contributed by atoms with Crippen molar-refractivity contribution in [2.45, 2.75) is 30.8 Å². The third-order valence-electron chi connectivity index (χ3n) is 5.89. The van der Waals surface area contributed by atoms with Crippen LogP contribution in [-0.2, 0) is 22.6 Å². The number of carbonyl (C=O) groups is 1. The topological polar surface area (TPSA) is 75.7 Å². The summed E-state index contributed by atoms with van der Waals surface area (Å²) in [5.41, 5.74) is 1.56. The second-order valence-electron chi connectivity index (χ2n) is 8.34. The summed E-state index contributed by atoms with van der Waals surface area (Å²) in [4.78, 5) is 14.4. The Hall–Kier alpha value is -3.24. The number of nitrogens with zero attached hydrogens (tertiary/aromatic N) is 1. The quantitative estimate of drug-likeness (QED) is 0.428. The van der Waals surface area contributed by atoms with Gasteiger partial charge in [-0.3, -0.25) is 9.52 Å². The molecule has 1 aliphatic heterocycles. The lowest BCUT2D eigenvalue weighted by Gasteiger charge is -2.30. The van der Waals surface area contributed by atoms with Crippen LogP contribution in [0.15, 0.2) is 59.5 Å². The number of fused-ring (bicyclic) bond motifs is 1. The lowest BCUT2D eigenvalue weighted by molar-refractivity contribution is -0.137. The van der Waals surface area contributed by atoms with Gasteiger partial charge in [-0.1, -0.05) is 11.6 Å². The van der Waals surface area contributed by atoms with Crippen molar-refractivity contribution in [3.8, 4) is 5.75 Å². The van der Waals surface area contributed by atoms with Gasteiger partial charge in [0, 0.05) is 28.5 Å². The average Bonchev–Trinajstić information content (AvgIpc) is 2.83. The molecule has 0 fully saturated rings. The van der Waals surface area contributed by atoms with Gasteiger partial charge in [-0.25, -0.2) is 8.42 Å². The Kier molecular flexibility index (Phi) is 6.94. The van der Waals surface area contributed by atoms with E-state index in [2.05, 4.69) is 4.72 Å². The van der Waals surface area contributed by atoms with Crippen molar-refractivity contribution >= 4 is 38.9 Å². The minimum atomic E-state index is -4.49. The summed E-state index contributed by atoms with van der Waals surface area (Å²) in [6, 6.07) is 11.7. The van der Waals surface area contributed by atoms with E-state index in [4.69, 9.17) is 16.3 Å². The fraction of sp³-hybridized carbons (Fsp3) is 0.240. The van der Waals surface area contributed by atoms with E-state index in [-0.39, 0.29) is 26.9 Å². The van der Waals surface area contributed by atoms with Crippen LogP contribution in [0.4, 0.5) is 24.5 Å². The molecule has 0 saturated heterocycles. The molecule has 0 bridgehead atoms. The van der Waals surface area contributed by atoms with Crippen LogP contribution in [0.2, 0.25) is 5.02 Å². The predicted molar refractivity (Wildman–Crippen MR) is 131 cm³/mol. The smallest absolute Gasteiger partial charge is 0.416 e. The van der Waals surface area contributed by atoms with Gasteiger partial charge in [0.2, 0.25) is 0 Å². The molecule has 0 atom stereocenters. The highest BCUT2D eigenvalue weighted by Crippen LogP contribution is 2.35. The number of nitrogens with one attached hydrogen (secondary N) is 1. The molecule has 0 unspecified atom stereocenters. The van der Waals surface area contributed by atoms with Crippen LogP contribution < -0.4 is 14.4 Å². The van der Waals surface area contributed by atoms with Crippen LogP contribution >= 0.6 is 11.6 Å². The van der Waals surface area contributed by atoms with Gasteiger partial charge in [-0.15, -0.1) is 0 Å². The predicted octanol–water partition coefficient (Wildman–Crippen LogP) is 6.07. The first-order valence-corrected chi connectivity index (χ1v) is 12.8. The van der Waals surface area contributed by atoms with Gasteiger partial charge in [0.15, 0.2) is 0 Å². The first-order valence-electron chi connectivity index (χ1n) is 10.9. The molecular weight excluding hydrogens is 517 g/mol. The first kappa shape index (κ1) is 25.8. The average molecular weight is 539 g/mol. The Morgan fingerprint density at radius 3 is 2.42 bits per heavy atom. The van der Waals surface area contributed by atoms with Crippen molar-refractivity contribution in [3.63, 3.8) is 0 Å². The number of anilines is 2. The summed E-state index contributed by atoms with van der Waals surface area (Å²) in [6.07, 6.45) is -3.28. The minimum absolute atomic E-state index is 0.113. The zero-order valence-corrected chi connectivity index (χ0v) is 20.9. The van der Waals surface area contributed by atoms with Gasteiger partial charge < -0.3 is 9.64 Å². The Morgan fingerprint density at radius 1 is 1.08 bits per heavy atom. The number of hydrogen-bond donors (Lipinski definition) is 1. The molecule has 1 aliphatic rings. The van der Waals surface area contributed by atoms with E-state index >= 15 is 0 Å². The summed E-state index contributed by atoms with van der Waals surface area (Å²) >= 11 is 6.13. The Morgan fingerprint density at radius 2 is 1.78 bits per heavy atom. The van der Waals surface area contributed by atoms with E-state index in [1.807, 2.05) is 0 Å². The number of ether oxygens (including phenoxy) is 1. The van der Waals surface area contributed by atoms with Crippen LogP contribution in [-0.4, -0.2) is 28.0 Å². The molecule has 3 aromatic carbocycles. The molecule has 0 aromatic heterocycles. The number of rotatable bonds is 5. The van der Waals surface area contributed by atoms with E-state index in [0.717, 1.165) is 29.8 Å². The van der Waals surface area contributed by atoms with Gasteiger partial charge in [0.1, 0.15) is 10.6 Å². The van der Waals surface area contributed by atoms with Gasteiger partial charge in [0.05, 0.1) is 12.7 Å². The van der Waals surface area contributed by atoms with Crippen molar-refractivity contribution in [2.75, 3.05) is 23.3 Å². The molecule has 0 radical (unpaired) electrons. The Bertz CT molecular complexity index is 1420. The molecule has 0 spiro atoms. The summed E-state index contributed by atoms with van der Waals surface area (Å²) in [6.45, 7) is 2.12. The highest BCUT2D eigenvalue weighted by Gasteiger charge is 2.31. The van der Waals surface area contributed by atoms with Gasteiger partial charge in [0.25, 0.3) is 15.9 Å². The molecule has 36 heavy (non-hydrogen) atoms. The van der Waals surface area contributed by atoms with Gasteiger partial charge in [-0.2, -0.15) is 13.2 Å². The van der Waals surface area contributed by atoms with Gasteiger partial charge in [-0.05, 0) is 85.5 Å². The van der Waals surface area contributed by atoms with Crippen molar-refractivity contribution in [1.82, 2.24) is 0 Å². The second-order valence-corrected chi connectivity index (χ2v) is 10.4. The molecule has 6 nitrogen and oxygen atoms in total. The SMILES string of the molecule is COc1cc(C)c(Cl)cc1S(=O)(=O)Nc1ccc2c(c1)CCCN2C(=O)c1ccc(C(F)(F)F)cc1. The molecule has 4 rings (SSSR count). The van der Waals surface area contributed by atoms with E-state index in [1.165, 1.54) is 30.2 Å². The largest absolute Gasteiger partial charge is 0.495 e. The fourth-order valence-corrected chi connectivity index (χ4v) is 5.50. The Balaban J connectivity index is 1.60. The monoisotopic (exact) mass is 538 g/mol. The van der Waals surface area contributed by atoms with E-state index < -0.39 is 27.7 Å². The van der Waals surface area contributed by atoms with Crippen molar-refractivity contribution < 1.29 is 31.1 Å². The highest BCUT2D eigenvalue weighted by molar-refractivity contribution is 7.92. The number of aryl methyl sites for hydroxylation is 2. The molecule has 1 N–H and O–H groups in total. The number of alkyl halides is 3. The molecule has 190 valence electrons. The molecule has 3 aromatic rings. The maximum atomic E-state index is 13.1. The summed E-state index contributed by atoms with van der Waals surface area (Å²) < 4.78 is 72.5. The molecular formula is C25H22ClF3N2O4S. The van der Waals surface area contributed by atoms with Crippen LogP contribution in [0.1, 0.15) is 33.5 Å². The number of carbonyl (C=O) groups excluding carboxylic acids is 1. The van der Waals surface area contributed by atoms with Crippen molar-refractivity contribution in [3.05, 3.63) is 81.9 Å². The minimum Gasteiger partial charge on any atom is -0.495 e. The summed E-state index contributed by atoms with van der Waals surface area (Å²) in [5.74, 6) is -0.285. The van der Waals surface area contributed by atoms with Crippen LogP contribution in [0.5, 0.6) is 5.75 Å². The Labute approximate surface area is 211 Å². The number of sulfonamides is 1. The number of methoxy groups -OCH3 is 1. The van der Waals surface area contributed by atoms with Crippen molar-refractivity contribution in [2.24, 2.45) is 0 Å².